The second-order valence-corrected chi connectivity index (χ2v) is 6.00. The molecule has 0 aliphatic rings. The van der Waals surface area contributed by atoms with Crippen LogP contribution in [0, 0.1) is 0 Å². The van der Waals surface area contributed by atoms with Crippen molar-refractivity contribution in [3.8, 4) is 0 Å². The smallest absolute Gasteiger partial charge is 0.547 e. The second kappa shape index (κ2) is 19.9. The van der Waals surface area contributed by atoms with Gasteiger partial charge >= 0.3 is 23.0 Å². The Bertz CT molecular complexity index is 509. The maximum absolute atomic E-state index is 9.98. The number of carbonyl (C=O) groups is 3. The Morgan fingerprint density at radius 1 is 0.636 bits per heavy atom. The van der Waals surface area contributed by atoms with Crippen molar-refractivity contribution >= 4 is 17.9 Å². The van der Waals surface area contributed by atoms with Gasteiger partial charge in [0.1, 0.15) is 54.9 Å². The number of hydrogen-bond acceptors (Lipinski definition) is 16. The van der Waals surface area contributed by atoms with Gasteiger partial charge in [0.25, 0.3) is 0 Å². The number of carbonyl (C=O) groups excluding carboxylic acids is 2. The van der Waals surface area contributed by atoms with Gasteiger partial charge in [-0.1, -0.05) is 0 Å². The average molecular weight is 544 g/mol. The molecule has 0 aliphatic heterocycles. The molecule has 0 fully saturated rings. The van der Waals surface area contributed by atoms with E-state index in [0.29, 0.717) is 0 Å². The third kappa shape index (κ3) is 16.7. The van der Waals surface area contributed by atoms with Gasteiger partial charge in [0.05, 0.1) is 25.2 Å². The first-order valence-electron chi connectivity index (χ1n) is 8.46. The summed E-state index contributed by atoms with van der Waals surface area (Å²) in [6.07, 6.45) is -17.4. The predicted octanol–water partition coefficient (Wildman–Crippen LogP) is -10.2. The molecule has 201 valence electrons. The van der Waals surface area contributed by atoms with Gasteiger partial charge in [-0.25, -0.2) is 4.79 Å². The van der Waals surface area contributed by atoms with Gasteiger partial charge in [0.15, 0.2) is 0 Å². The van der Waals surface area contributed by atoms with Gasteiger partial charge in [-0.05, 0) is 6.92 Å². The first kappa shape index (κ1) is 38.7. The molecule has 0 saturated heterocycles. The van der Waals surface area contributed by atoms with Crippen LogP contribution in [0.4, 0.5) is 0 Å². The van der Waals surface area contributed by atoms with Crippen LogP contribution in [0.5, 0.6) is 0 Å². The first-order chi connectivity index (χ1) is 14.5. The molecule has 9 unspecified atom stereocenters. The number of carboxylic acid groups (broad SMARTS) is 3. The van der Waals surface area contributed by atoms with E-state index in [1.807, 2.05) is 0 Å². The molecule has 12 N–H and O–H groups in total. The monoisotopic (exact) mass is 543 g/mol. The van der Waals surface area contributed by atoms with E-state index in [1.54, 1.807) is 0 Å². The molecule has 0 aromatic heterocycles. The standard InChI is InChI=1S/2C6H12O7.C3H6O3.Cu/c2*7-1-2(8)3(9)4(10)5(11)6(12)13;1-2(4)3(5)6;/h2*2-5,7-11H,1H2,(H,12,13);2,4H,1H3,(H,5,6);/q;;;+2/p-2. The number of hydrogen-bond donors (Lipinski definition) is 12. The van der Waals surface area contributed by atoms with E-state index in [2.05, 4.69) is 0 Å². The SMILES string of the molecule is CC(O)C(=O)O.O=C([O-])C(O)C(O)C(O)C(O)CO.O=C([O-])C(O)C(O)C(O)C(O)CO.[Cu+2]. The summed E-state index contributed by atoms with van der Waals surface area (Å²) in [5, 5.41) is 123. The molecule has 0 aromatic carbocycles. The predicted molar refractivity (Wildman–Crippen MR) is 91.6 cm³/mol. The third-order valence-corrected chi connectivity index (χ3v) is 3.35. The summed E-state index contributed by atoms with van der Waals surface area (Å²) >= 11 is 0. The molecular formula is C15H28CuO17. The van der Waals surface area contributed by atoms with Crippen LogP contribution >= 0.6 is 0 Å². The van der Waals surface area contributed by atoms with Crippen LogP contribution in [0.3, 0.4) is 0 Å². The number of aliphatic hydroxyl groups excluding tert-OH is 11. The summed E-state index contributed by atoms with van der Waals surface area (Å²) < 4.78 is 0. The Kier molecular flexibility index (Phi) is 23.4. The maximum Gasteiger partial charge on any atom is 2.00 e. The normalized spacial score (nSPS) is 18.5. The summed E-state index contributed by atoms with van der Waals surface area (Å²) in [6, 6.07) is 0. The molecule has 0 saturated carbocycles. The summed E-state index contributed by atoms with van der Waals surface area (Å²) in [5.74, 6) is -5.14. The molecule has 9 atom stereocenters. The number of rotatable bonds is 11. The molecule has 0 rings (SSSR count). The van der Waals surface area contributed by atoms with Crippen LogP contribution in [-0.2, 0) is 31.5 Å². The fourth-order valence-corrected chi connectivity index (χ4v) is 1.32. The van der Waals surface area contributed by atoms with Crippen molar-refractivity contribution in [2.75, 3.05) is 13.2 Å². The quantitative estimate of drug-likeness (QED) is 0.107. The molecule has 17 nitrogen and oxygen atoms in total. The summed E-state index contributed by atoms with van der Waals surface area (Å²) in [6.45, 7) is -0.529. The summed E-state index contributed by atoms with van der Waals surface area (Å²) in [5.41, 5.74) is 0. The van der Waals surface area contributed by atoms with E-state index < -0.39 is 86.1 Å². The van der Waals surface area contributed by atoms with Crippen LogP contribution < -0.4 is 10.2 Å². The van der Waals surface area contributed by atoms with Crippen molar-refractivity contribution in [1.82, 2.24) is 0 Å². The Balaban J connectivity index is -0.000000201. The molecule has 0 bridgehead atoms. The molecule has 18 heteroatoms. The Morgan fingerprint density at radius 2 is 0.848 bits per heavy atom. The fraction of sp³-hybridized carbons (Fsp3) is 0.800. The van der Waals surface area contributed by atoms with Gasteiger partial charge in [-0.3, -0.25) is 0 Å². The van der Waals surface area contributed by atoms with Crippen molar-refractivity contribution < 1.29 is 103 Å². The van der Waals surface area contributed by atoms with Gasteiger partial charge in [-0.2, -0.15) is 0 Å². The van der Waals surface area contributed by atoms with Crippen LogP contribution in [0.15, 0.2) is 0 Å². The minimum atomic E-state index is -2.31. The minimum absolute atomic E-state index is 0. The van der Waals surface area contributed by atoms with Crippen LogP contribution in [0.25, 0.3) is 0 Å². The van der Waals surface area contributed by atoms with E-state index in [0.717, 1.165) is 0 Å². The Hall–Kier alpha value is -1.51. The van der Waals surface area contributed by atoms with Gasteiger partial charge in [-0.15, -0.1) is 0 Å². The molecule has 0 spiro atoms. The van der Waals surface area contributed by atoms with Crippen molar-refractivity contribution in [2.45, 2.75) is 61.9 Å². The van der Waals surface area contributed by atoms with Gasteiger partial charge in [0, 0.05) is 0 Å². The number of carboxylic acids is 3. The summed E-state index contributed by atoms with van der Waals surface area (Å²) in [4.78, 5) is 29.4. The van der Waals surface area contributed by atoms with Crippen molar-refractivity contribution in [1.29, 1.82) is 0 Å². The second-order valence-electron chi connectivity index (χ2n) is 6.00. The Morgan fingerprint density at radius 3 is 0.970 bits per heavy atom. The first-order valence-corrected chi connectivity index (χ1v) is 8.46. The fourth-order valence-electron chi connectivity index (χ4n) is 1.32. The molecular weight excluding hydrogens is 516 g/mol. The van der Waals surface area contributed by atoms with E-state index in [1.165, 1.54) is 6.92 Å². The van der Waals surface area contributed by atoms with Crippen molar-refractivity contribution in [2.24, 2.45) is 0 Å². The molecule has 0 heterocycles. The number of aliphatic hydroxyl groups is 11. The molecule has 0 amide bonds. The zero-order valence-corrected chi connectivity index (χ0v) is 17.8. The average Bonchev–Trinajstić information content (AvgIpc) is 2.75. The minimum Gasteiger partial charge on any atom is -0.547 e. The van der Waals surface area contributed by atoms with Crippen molar-refractivity contribution in [3.63, 3.8) is 0 Å². The molecule has 0 aliphatic carbocycles. The third-order valence-electron chi connectivity index (χ3n) is 3.35. The zero-order valence-electron chi connectivity index (χ0n) is 16.8. The summed E-state index contributed by atoms with van der Waals surface area (Å²) in [7, 11) is 0. The van der Waals surface area contributed by atoms with E-state index in [4.69, 9.17) is 61.3 Å². The Labute approximate surface area is 196 Å². The van der Waals surface area contributed by atoms with Crippen LogP contribution in [-0.4, -0.2) is 147 Å². The zero-order chi connectivity index (χ0) is 26.3. The van der Waals surface area contributed by atoms with Crippen molar-refractivity contribution in [3.05, 3.63) is 0 Å². The van der Waals surface area contributed by atoms with Crippen LogP contribution in [0.2, 0.25) is 0 Å². The van der Waals surface area contributed by atoms with E-state index in [-0.39, 0.29) is 17.1 Å². The molecule has 1 radical (unpaired) electrons. The van der Waals surface area contributed by atoms with E-state index >= 15 is 0 Å². The topological polar surface area (TPSA) is 340 Å². The molecule has 33 heavy (non-hydrogen) atoms. The number of aliphatic carboxylic acids is 3. The van der Waals surface area contributed by atoms with Gasteiger partial charge < -0.3 is 81.1 Å². The largest absolute Gasteiger partial charge is 2.00 e. The van der Waals surface area contributed by atoms with Gasteiger partial charge in [0.2, 0.25) is 0 Å². The van der Waals surface area contributed by atoms with E-state index in [9.17, 15) is 24.6 Å². The van der Waals surface area contributed by atoms with Crippen LogP contribution in [0.1, 0.15) is 6.92 Å². The molecule has 0 aromatic rings. The maximum atomic E-state index is 9.98.